The fraction of sp³-hybridized carbons (Fsp3) is 0.500. The van der Waals surface area contributed by atoms with E-state index < -0.39 is 0 Å². The number of piperidine rings is 1. The van der Waals surface area contributed by atoms with Gasteiger partial charge in [0.1, 0.15) is 5.82 Å². The Kier molecular flexibility index (Phi) is 4.80. The minimum Gasteiger partial charge on any atom is -0.376 e. The third kappa shape index (κ3) is 3.69. The molecule has 0 unspecified atom stereocenters. The number of likely N-dealkylation sites (tertiary alicyclic amines) is 1. The molecule has 1 aromatic carbocycles. The fourth-order valence-electron chi connectivity index (χ4n) is 2.26. The lowest BCUT2D eigenvalue weighted by Crippen LogP contribution is -2.39. The molecule has 0 saturated carbocycles. The Balaban J connectivity index is 1.94. The Morgan fingerprint density at radius 2 is 2.05 bits per heavy atom. The van der Waals surface area contributed by atoms with Crippen LogP contribution in [0, 0.1) is 12.7 Å². The number of hydrogen-bond acceptors (Lipinski definition) is 2. The molecule has 19 heavy (non-hydrogen) atoms. The van der Waals surface area contributed by atoms with Crippen molar-refractivity contribution in [3.63, 3.8) is 0 Å². The van der Waals surface area contributed by atoms with Gasteiger partial charge in [-0.1, -0.05) is 0 Å². The summed E-state index contributed by atoms with van der Waals surface area (Å²) in [4.78, 5) is 13.9. The van der Waals surface area contributed by atoms with Crippen molar-refractivity contribution in [2.24, 2.45) is 0 Å². The number of benzene rings is 1. The first kappa shape index (κ1) is 14.3. The quantitative estimate of drug-likeness (QED) is 0.923. The Morgan fingerprint density at radius 3 is 2.74 bits per heavy atom. The van der Waals surface area contributed by atoms with Gasteiger partial charge in [0, 0.05) is 18.8 Å². The van der Waals surface area contributed by atoms with Crippen LogP contribution in [0.1, 0.15) is 24.8 Å². The summed E-state index contributed by atoms with van der Waals surface area (Å²) in [5.41, 5.74) is 1.59. The van der Waals surface area contributed by atoms with E-state index in [-0.39, 0.29) is 18.3 Å². The molecule has 1 saturated heterocycles. The van der Waals surface area contributed by atoms with Crippen LogP contribution in [0.15, 0.2) is 16.6 Å². The molecule has 1 aliphatic rings. The number of halogens is 2. The number of carbonyl (C=O) groups excluding carboxylic acids is 1. The summed E-state index contributed by atoms with van der Waals surface area (Å²) in [6.07, 6.45) is 3.36. The van der Waals surface area contributed by atoms with Gasteiger partial charge in [-0.25, -0.2) is 4.39 Å². The SMILES string of the molecule is Cc1cc(Br)c(F)cc1NCC(=O)N1CCCCC1. The number of carbonyl (C=O) groups is 1. The third-order valence-corrected chi connectivity index (χ3v) is 4.01. The predicted octanol–water partition coefficient (Wildman–Crippen LogP) is 3.32. The van der Waals surface area contributed by atoms with Gasteiger partial charge in [-0.2, -0.15) is 0 Å². The molecule has 1 N–H and O–H groups in total. The Hall–Kier alpha value is -1.10. The van der Waals surface area contributed by atoms with Crippen LogP contribution >= 0.6 is 15.9 Å². The molecular formula is C14H18BrFN2O. The molecule has 1 amide bonds. The molecule has 5 heteroatoms. The predicted molar refractivity (Wildman–Crippen MR) is 77.8 cm³/mol. The first-order valence-corrected chi connectivity index (χ1v) is 7.34. The number of nitrogens with zero attached hydrogens (tertiary/aromatic N) is 1. The first-order chi connectivity index (χ1) is 9.08. The topological polar surface area (TPSA) is 32.3 Å². The van der Waals surface area contributed by atoms with Crippen molar-refractivity contribution in [3.05, 3.63) is 28.0 Å². The number of rotatable bonds is 3. The smallest absolute Gasteiger partial charge is 0.241 e. The fourth-order valence-corrected chi connectivity index (χ4v) is 2.72. The Bertz CT molecular complexity index is 473. The van der Waals surface area contributed by atoms with E-state index in [0.29, 0.717) is 10.2 Å². The molecule has 1 fully saturated rings. The number of nitrogens with one attached hydrogen (secondary N) is 1. The van der Waals surface area contributed by atoms with Crippen LogP contribution in [-0.4, -0.2) is 30.4 Å². The molecule has 0 radical (unpaired) electrons. The summed E-state index contributed by atoms with van der Waals surface area (Å²) >= 11 is 3.14. The maximum atomic E-state index is 13.5. The van der Waals surface area contributed by atoms with Crippen molar-refractivity contribution in [3.8, 4) is 0 Å². The maximum absolute atomic E-state index is 13.5. The third-order valence-electron chi connectivity index (χ3n) is 3.41. The second kappa shape index (κ2) is 6.37. The van der Waals surface area contributed by atoms with E-state index in [0.717, 1.165) is 31.5 Å². The summed E-state index contributed by atoms with van der Waals surface area (Å²) in [5, 5.41) is 3.03. The average Bonchev–Trinajstić information content (AvgIpc) is 2.42. The molecule has 1 heterocycles. The van der Waals surface area contributed by atoms with Gasteiger partial charge in [0.05, 0.1) is 11.0 Å². The minimum atomic E-state index is -0.321. The first-order valence-electron chi connectivity index (χ1n) is 6.55. The largest absolute Gasteiger partial charge is 0.376 e. The summed E-state index contributed by atoms with van der Waals surface area (Å²) in [6.45, 7) is 3.79. The lowest BCUT2D eigenvalue weighted by Gasteiger charge is -2.27. The Labute approximate surface area is 121 Å². The van der Waals surface area contributed by atoms with Crippen molar-refractivity contribution in [1.82, 2.24) is 4.90 Å². The molecule has 0 bridgehead atoms. The molecule has 1 aliphatic heterocycles. The highest BCUT2D eigenvalue weighted by atomic mass is 79.9. The second-order valence-corrected chi connectivity index (χ2v) is 5.73. The van der Waals surface area contributed by atoms with E-state index in [1.807, 2.05) is 11.8 Å². The van der Waals surface area contributed by atoms with Gasteiger partial charge >= 0.3 is 0 Å². The maximum Gasteiger partial charge on any atom is 0.241 e. The second-order valence-electron chi connectivity index (χ2n) is 4.88. The van der Waals surface area contributed by atoms with Gasteiger partial charge in [0.15, 0.2) is 0 Å². The summed E-state index contributed by atoms with van der Waals surface area (Å²) in [5.74, 6) is -0.235. The van der Waals surface area contributed by atoms with E-state index >= 15 is 0 Å². The van der Waals surface area contributed by atoms with E-state index in [9.17, 15) is 9.18 Å². The average molecular weight is 329 g/mol. The van der Waals surface area contributed by atoms with Crippen molar-refractivity contribution in [2.75, 3.05) is 25.0 Å². The van der Waals surface area contributed by atoms with Gasteiger partial charge in [-0.15, -0.1) is 0 Å². The lowest BCUT2D eigenvalue weighted by atomic mass is 10.1. The normalized spacial score (nSPS) is 15.4. The van der Waals surface area contributed by atoms with Crippen molar-refractivity contribution >= 4 is 27.5 Å². The zero-order chi connectivity index (χ0) is 13.8. The van der Waals surface area contributed by atoms with Crippen LogP contribution < -0.4 is 5.32 Å². The number of hydrogen-bond donors (Lipinski definition) is 1. The Morgan fingerprint density at radius 1 is 1.37 bits per heavy atom. The monoisotopic (exact) mass is 328 g/mol. The molecule has 0 aliphatic carbocycles. The highest BCUT2D eigenvalue weighted by molar-refractivity contribution is 9.10. The summed E-state index contributed by atoms with van der Waals surface area (Å²) < 4.78 is 13.9. The van der Waals surface area contributed by atoms with Crippen LogP contribution in [0.25, 0.3) is 0 Å². The number of aryl methyl sites for hydroxylation is 1. The number of amides is 1. The molecule has 0 aromatic heterocycles. The van der Waals surface area contributed by atoms with Gasteiger partial charge < -0.3 is 10.2 Å². The zero-order valence-electron chi connectivity index (χ0n) is 11.0. The van der Waals surface area contributed by atoms with E-state index in [1.54, 1.807) is 6.07 Å². The van der Waals surface area contributed by atoms with Crippen LogP contribution in [-0.2, 0) is 4.79 Å². The summed E-state index contributed by atoms with van der Waals surface area (Å²) in [6, 6.07) is 3.13. The van der Waals surface area contributed by atoms with Crippen LogP contribution in [0.3, 0.4) is 0 Å². The van der Waals surface area contributed by atoms with E-state index in [2.05, 4.69) is 21.2 Å². The summed E-state index contributed by atoms with van der Waals surface area (Å²) in [7, 11) is 0. The highest BCUT2D eigenvalue weighted by Gasteiger charge is 2.16. The van der Waals surface area contributed by atoms with E-state index in [4.69, 9.17) is 0 Å². The number of anilines is 1. The van der Waals surface area contributed by atoms with Gasteiger partial charge in [0.25, 0.3) is 0 Å². The molecule has 1 aromatic rings. The van der Waals surface area contributed by atoms with Crippen molar-refractivity contribution in [1.29, 1.82) is 0 Å². The highest BCUT2D eigenvalue weighted by Crippen LogP contribution is 2.23. The van der Waals surface area contributed by atoms with Crippen LogP contribution in [0.5, 0.6) is 0 Å². The van der Waals surface area contributed by atoms with E-state index in [1.165, 1.54) is 12.5 Å². The molecule has 0 atom stereocenters. The standard InChI is InChI=1S/C14H18BrFN2O/c1-10-7-11(15)12(16)8-13(10)17-9-14(19)18-5-3-2-4-6-18/h7-8,17H,2-6,9H2,1H3. The molecule has 2 rings (SSSR count). The van der Waals surface area contributed by atoms with Crippen LogP contribution in [0.2, 0.25) is 0 Å². The molecule has 0 spiro atoms. The molecular weight excluding hydrogens is 311 g/mol. The van der Waals surface area contributed by atoms with Crippen LogP contribution in [0.4, 0.5) is 10.1 Å². The van der Waals surface area contributed by atoms with Crippen molar-refractivity contribution < 1.29 is 9.18 Å². The molecule has 3 nitrogen and oxygen atoms in total. The van der Waals surface area contributed by atoms with Gasteiger partial charge in [-0.3, -0.25) is 4.79 Å². The minimum absolute atomic E-state index is 0.0856. The molecule has 104 valence electrons. The van der Waals surface area contributed by atoms with Gasteiger partial charge in [-0.05, 0) is 59.8 Å². The van der Waals surface area contributed by atoms with Gasteiger partial charge in [0.2, 0.25) is 5.91 Å². The lowest BCUT2D eigenvalue weighted by molar-refractivity contribution is -0.130. The zero-order valence-corrected chi connectivity index (χ0v) is 12.6. The van der Waals surface area contributed by atoms with Crippen molar-refractivity contribution in [2.45, 2.75) is 26.2 Å².